The number of imidazole rings is 1. The van der Waals surface area contributed by atoms with Crippen LogP contribution in [0.25, 0.3) is 0 Å². The van der Waals surface area contributed by atoms with Crippen molar-refractivity contribution in [3.05, 3.63) is 17.7 Å². The fourth-order valence-electron chi connectivity index (χ4n) is 2.32. The first-order valence-corrected chi connectivity index (χ1v) is 8.14. The third kappa shape index (κ3) is 4.65. The monoisotopic (exact) mass is 267 g/mol. The summed E-state index contributed by atoms with van der Waals surface area (Å²) >= 11 is 2.07. The number of nitrogens with zero attached hydrogens (tertiary/aromatic N) is 1. The van der Waals surface area contributed by atoms with E-state index in [0.717, 1.165) is 29.9 Å². The van der Waals surface area contributed by atoms with Gasteiger partial charge < -0.3 is 10.3 Å². The lowest BCUT2D eigenvalue weighted by Gasteiger charge is -2.06. The van der Waals surface area contributed by atoms with E-state index in [1.807, 2.05) is 6.20 Å². The zero-order valence-corrected chi connectivity index (χ0v) is 12.4. The van der Waals surface area contributed by atoms with Crippen LogP contribution in [0.2, 0.25) is 0 Å². The quantitative estimate of drug-likeness (QED) is 0.796. The van der Waals surface area contributed by atoms with Crippen LogP contribution < -0.4 is 5.32 Å². The third-order valence-corrected chi connectivity index (χ3v) is 4.69. The number of hydrogen-bond donors (Lipinski definition) is 2. The maximum absolute atomic E-state index is 4.46. The standard InChI is InChI=1S/C14H25N3S/c1-11(2)7-15-8-12-9-16-14(17-12)10-18-13-5-3-4-6-13/h9,11,13,15H,3-8,10H2,1-2H3,(H,16,17). The van der Waals surface area contributed by atoms with Gasteiger partial charge in [-0.15, -0.1) is 0 Å². The van der Waals surface area contributed by atoms with E-state index in [0.29, 0.717) is 5.92 Å². The van der Waals surface area contributed by atoms with Crippen LogP contribution in [0.5, 0.6) is 0 Å². The van der Waals surface area contributed by atoms with Crippen molar-refractivity contribution >= 4 is 11.8 Å². The van der Waals surface area contributed by atoms with Gasteiger partial charge in [0.2, 0.25) is 0 Å². The third-order valence-electron chi connectivity index (χ3n) is 3.31. The lowest BCUT2D eigenvalue weighted by Crippen LogP contribution is -2.19. The average molecular weight is 267 g/mol. The molecule has 0 spiro atoms. The summed E-state index contributed by atoms with van der Waals surface area (Å²) in [6.45, 7) is 6.41. The highest BCUT2D eigenvalue weighted by atomic mass is 32.2. The van der Waals surface area contributed by atoms with Crippen LogP contribution in [0.3, 0.4) is 0 Å². The van der Waals surface area contributed by atoms with Gasteiger partial charge in [-0.2, -0.15) is 11.8 Å². The fourth-order valence-corrected chi connectivity index (χ4v) is 3.52. The molecule has 2 N–H and O–H groups in total. The van der Waals surface area contributed by atoms with Crippen molar-refractivity contribution in [2.45, 2.75) is 57.1 Å². The molecule has 3 nitrogen and oxygen atoms in total. The van der Waals surface area contributed by atoms with Crippen molar-refractivity contribution in [2.75, 3.05) is 6.54 Å². The lowest BCUT2D eigenvalue weighted by atomic mass is 10.2. The summed E-state index contributed by atoms with van der Waals surface area (Å²) in [6.07, 6.45) is 7.60. The summed E-state index contributed by atoms with van der Waals surface area (Å²) in [4.78, 5) is 7.87. The van der Waals surface area contributed by atoms with E-state index < -0.39 is 0 Å². The predicted molar refractivity (Wildman–Crippen MR) is 78.7 cm³/mol. The van der Waals surface area contributed by atoms with Gasteiger partial charge >= 0.3 is 0 Å². The van der Waals surface area contributed by atoms with Crippen LogP contribution in [-0.4, -0.2) is 21.8 Å². The molecule has 1 aromatic heterocycles. The number of aromatic nitrogens is 2. The Bertz CT molecular complexity index is 343. The first-order valence-electron chi connectivity index (χ1n) is 7.09. The summed E-state index contributed by atoms with van der Waals surface area (Å²) in [6, 6.07) is 0. The van der Waals surface area contributed by atoms with E-state index in [1.165, 1.54) is 31.4 Å². The van der Waals surface area contributed by atoms with Crippen molar-refractivity contribution in [2.24, 2.45) is 5.92 Å². The van der Waals surface area contributed by atoms with Gasteiger partial charge in [0, 0.05) is 23.7 Å². The predicted octanol–water partition coefficient (Wildman–Crippen LogP) is 3.33. The number of hydrogen-bond acceptors (Lipinski definition) is 3. The molecule has 0 aliphatic heterocycles. The maximum Gasteiger partial charge on any atom is 0.116 e. The van der Waals surface area contributed by atoms with Crippen LogP contribution in [0.4, 0.5) is 0 Å². The molecule has 4 heteroatoms. The molecule has 0 saturated heterocycles. The summed E-state index contributed by atoms with van der Waals surface area (Å²) in [5.41, 5.74) is 1.21. The van der Waals surface area contributed by atoms with Crippen LogP contribution in [-0.2, 0) is 12.3 Å². The Morgan fingerprint density at radius 3 is 2.94 bits per heavy atom. The number of nitrogens with one attached hydrogen (secondary N) is 2. The molecule has 2 rings (SSSR count). The number of aromatic amines is 1. The molecular formula is C14H25N3S. The first-order chi connectivity index (χ1) is 8.74. The molecule has 0 amide bonds. The second-order valence-electron chi connectivity index (χ2n) is 5.60. The number of rotatable bonds is 7. The lowest BCUT2D eigenvalue weighted by molar-refractivity contribution is 0.549. The van der Waals surface area contributed by atoms with E-state index in [2.05, 4.69) is 40.9 Å². The molecule has 18 heavy (non-hydrogen) atoms. The first kappa shape index (κ1) is 13.9. The molecule has 1 fully saturated rings. The van der Waals surface area contributed by atoms with Crippen molar-refractivity contribution in [3.63, 3.8) is 0 Å². The molecule has 0 radical (unpaired) electrons. The van der Waals surface area contributed by atoms with Crippen LogP contribution in [0.1, 0.15) is 51.0 Å². The summed E-state index contributed by atoms with van der Waals surface area (Å²) in [5.74, 6) is 2.87. The molecular weight excluding hydrogens is 242 g/mol. The Labute approximate surface area is 115 Å². The van der Waals surface area contributed by atoms with E-state index in [1.54, 1.807) is 0 Å². The van der Waals surface area contributed by atoms with Crippen LogP contribution in [0, 0.1) is 5.92 Å². The highest BCUT2D eigenvalue weighted by Crippen LogP contribution is 2.30. The Morgan fingerprint density at radius 1 is 1.44 bits per heavy atom. The van der Waals surface area contributed by atoms with Gasteiger partial charge in [0.15, 0.2) is 0 Å². The van der Waals surface area contributed by atoms with Crippen LogP contribution in [0.15, 0.2) is 6.20 Å². The fraction of sp³-hybridized carbons (Fsp3) is 0.786. The average Bonchev–Trinajstić information content (AvgIpc) is 2.96. The number of H-pyrrole nitrogens is 1. The zero-order chi connectivity index (χ0) is 12.8. The molecule has 1 aliphatic carbocycles. The largest absolute Gasteiger partial charge is 0.344 e. The minimum Gasteiger partial charge on any atom is -0.344 e. The van der Waals surface area contributed by atoms with Gasteiger partial charge in [-0.1, -0.05) is 26.7 Å². The van der Waals surface area contributed by atoms with Crippen molar-refractivity contribution in [1.29, 1.82) is 0 Å². The maximum atomic E-state index is 4.46. The van der Waals surface area contributed by atoms with Crippen LogP contribution >= 0.6 is 11.8 Å². The Hall–Kier alpha value is -0.480. The molecule has 1 saturated carbocycles. The Balaban J connectivity index is 1.68. The van der Waals surface area contributed by atoms with E-state index in [9.17, 15) is 0 Å². The Kier molecular flexibility index (Phi) is 5.57. The molecule has 102 valence electrons. The molecule has 0 bridgehead atoms. The highest BCUT2D eigenvalue weighted by molar-refractivity contribution is 7.99. The Morgan fingerprint density at radius 2 is 2.22 bits per heavy atom. The van der Waals surface area contributed by atoms with E-state index >= 15 is 0 Å². The van der Waals surface area contributed by atoms with Crippen molar-refractivity contribution in [3.8, 4) is 0 Å². The summed E-state index contributed by atoms with van der Waals surface area (Å²) in [7, 11) is 0. The van der Waals surface area contributed by atoms with Gasteiger partial charge in [0.25, 0.3) is 0 Å². The minimum atomic E-state index is 0.699. The van der Waals surface area contributed by atoms with E-state index in [4.69, 9.17) is 0 Å². The highest BCUT2D eigenvalue weighted by Gasteiger charge is 2.15. The second-order valence-corrected chi connectivity index (χ2v) is 6.89. The minimum absolute atomic E-state index is 0.699. The molecule has 1 aromatic rings. The topological polar surface area (TPSA) is 40.7 Å². The van der Waals surface area contributed by atoms with Gasteiger partial charge in [0.1, 0.15) is 5.82 Å². The molecule has 0 unspecified atom stereocenters. The van der Waals surface area contributed by atoms with Crippen molar-refractivity contribution in [1.82, 2.24) is 15.3 Å². The number of thioether (sulfide) groups is 1. The molecule has 1 heterocycles. The van der Waals surface area contributed by atoms with Gasteiger partial charge in [0.05, 0.1) is 5.75 Å². The smallest absolute Gasteiger partial charge is 0.116 e. The molecule has 0 atom stereocenters. The zero-order valence-electron chi connectivity index (χ0n) is 11.5. The second kappa shape index (κ2) is 7.19. The normalized spacial score (nSPS) is 16.8. The molecule has 0 aromatic carbocycles. The van der Waals surface area contributed by atoms with Gasteiger partial charge in [-0.3, -0.25) is 0 Å². The molecule has 1 aliphatic rings. The SMILES string of the molecule is CC(C)CNCc1cnc(CSC2CCCC2)[nH]1. The van der Waals surface area contributed by atoms with Gasteiger partial charge in [-0.05, 0) is 25.3 Å². The summed E-state index contributed by atoms with van der Waals surface area (Å²) < 4.78 is 0. The van der Waals surface area contributed by atoms with Crippen molar-refractivity contribution < 1.29 is 0 Å². The summed E-state index contributed by atoms with van der Waals surface area (Å²) in [5, 5.41) is 4.31. The van der Waals surface area contributed by atoms with E-state index in [-0.39, 0.29) is 0 Å². The van der Waals surface area contributed by atoms with Gasteiger partial charge in [-0.25, -0.2) is 4.98 Å².